The van der Waals surface area contributed by atoms with E-state index in [-0.39, 0.29) is 7.12 Å². The van der Waals surface area contributed by atoms with Gasteiger partial charge in [-0.05, 0) is 45.0 Å². The van der Waals surface area contributed by atoms with E-state index in [9.17, 15) is 0 Å². The van der Waals surface area contributed by atoms with Gasteiger partial charge in [0.15, 0.2) is 0 Å². The molecule has 0 heterocycles. The van der Waals surface area contributed by atoms with Crippen LogP contribution in [-0.4, -0.2) is 7.12 Å². The molecule has 0 aliphatic rings. The zero-order valence-electron chi connectivity index (χ0n) is 11.4. The van der Waals surface area contributed by atoms with Crippen molar-refractivity contribution in [1.82, 2.24) is 0 Å². The molecule has 0 aromatic heterocycles. The normalized spacial score (nSPS) is 12.8. The molecule has 0 radical (unpaired) electrons. The van der Waals surface area contributed by atoms with Crippen LogP contribution in [0.5, 0.6) is 0 Å². The summed E-state index contributed by atoms with van der Waals surface area (Å²) in [5.41, 5.74) is 0. The van der Waals surface area contributed by atoms with Crippen LogP contribution in [0.3, 0.4) is 0 Å². The van der Waals surface area contributed by atoms with E-state index >= 15 is 0 Å². The summed E-state index contributed by atoms with van der Waals surface area (Å²) < 4.78 is 11.2. The third kappa shape index (κ3) is 7.39. The Kier molecular flexibility index (Phi) is 9.19. The van der Waals surface area contributed by atoms with Crippen LogP contribution in [0.4, 0.5) is 0 Å². The Balaban J connectivity index is 4.52. The van der Waals surface area contributed by atoms with Crippen molar-refractivity contribution in [2.75, 3.05) is 0 Å². The second-order valence-corrected chi connectivity index (χ2v) is 3.39. The van der Waals surface area contributed by atoms with Crippen LogP contribution >= 0.6 is 0 Å². The summed E-state index contributed by atoms with van der Waals surface area (Å²) in [5.74, 6) is 1.45. The lowest BCUT2D eigenvalue weighted by atomic mass is 9.94. The van der Waals surface area contributed by atoms with Gasteiger partial charge >= 0.3 is 7.12 Å². The van der Waals surface area contributed by atoms with Crippen LogP contribution in [0.2, 0.25) is 6.82 Å². The van der Waals surface area contributed by atoms with E-state index < -0.39 is 0 Å². The highest BCUT2D eigenvalue weighted by atomic mass is 16.6. The SMILES string of the molecule is C=C/C=C\C(=C/C)OB(C)OC(/C=C\C)=C/C=C. The number of hydrogen-bond donors (Lipinski definition) is 0. The maximum absolute atomic E-state index is 5.62. The highest BCUT2D eigenvalue weighted by Gasteiger charge is 2.15. The lowest BCUT2D eigenvalue weighted by Crippen LogP contribution is -2.17. The highest BCUT2D eigenvalue weighted by molar-refractivity contribution is 6.43. The second kappa shape index (κ2) is 10.3. The van der Waals surface area contributed by atoms with Crippen LogP contribution in [0, 0.1) is 0 Å². The van der Waals surface area contributed by atoms with Crippen LogP contribution in [0.15, 0.2) is 73.3 Å². The van der Waals surface area contributed by atoms with Crippen molar-refractivity contribution in [3.63, 3.8) is 0 Å². The van der Waals surface area contributed by atoms with Gasteiger partial charge in [-0.25, -0.2) is 0 Å². The van der Waals surface area contributed by atoms with Gasteiger partial charge in [0.2, 0.25) is 0 Å². The van der Waals surface area contributed by atoms with Crippen molar-refractivity contribution < 1.29 is 9.31 Å². The topological polar surface area (TPSA) is 18.5 Å². The molecule has 0 N–H and O–H groups in total. The van der Waals surface area contributed by atoms with Crippen molar-refractivity contribution in [2.45, 2.75) is 20.7 Å². The largest absolute Gasteiger partial charge is 0.591 e. The molecule has 0 aliphatic heterocycles. The third-order valence-corrected chi connectivity index (χ3v) is 1.90. The predicted molar refractivity (Wildman–Crippen MR) is 80.0 cm³/mol. The second-order valence-electron chi connectivity index (χ2n) is 3.39. The average Bonchev–Trinajstić information content (AvgIpc) is 2.35. The lowest BCUT2D eigenvalue weighted by Gasteiger charge is -2.14. The molecular formula is C15H21BO2. The Labute approximate surface area is 111 Å². The van der Waals surface area contributed by atoms with Crippen LogP contribution in [0.1, 0.15) is 13.8 Å². The fourth-order valence-electron chi connectivity index (χ4n) is 1.19. The minimum Gasteiger partial charge on any atom is -0.526 e. The van der Waals surface area contributed by atoms with Gasteiger partial charge in [0.05, 0.1) is 5.76 Å². The molecule has 0 saturated carbocycles. The maximum Gasteiger partial charge on any atom is 0.591 e. The average molecular weight is 244 g/mol. The first-order valence-electron chi connectivity index (χ1n) is 5.92. The Hall–Kier alpha value is -1.90. The van der Waals surface area contributed by atoms with Gasteiger partial charge in [0.25, 0.3) is 0 Å². The van der Waals surface area contributed by atoms with Gasteiger partial charge < -0.3 is 9.31 Å². The number of hydrogen-bond acceptors (Lipinski definition) is 2. The molecule has 0 atom stereocenters. The molecule has 3 heteroatoms. The molecular weight excluding hydrogens is 223 g/mol. The maximum atomic E-state index is 5.62. The molecule has 0 bridgehead atoms. The monoisotopic (exact) mass is 244 g/mol. The zero-order chi connectivity index (χ0) is 13.8. The van der Waals surface area contributed by atoms with Crippen molar-refractivity contribution in [3.05, 3.63) is 73.3 Å². The van der Waals surface area contributed by atoms with Crippen molar-refractivity contribution in [3.8, 4) is 0 Å². The first kappa shape index (κ1) is 16.1. The summed E-state index contributed by atoms with van der Waals surface area (Å²) in [6.45, 7) is 12.9. The summed E-state index contributed by atoms with van der Waals surface area (Å²) in [6.07, 6.45) is 14.4. The Bertz CT molecular complexity index is 376. The van der Waals surface area contributed by atoms with E-state index in [4.69, 9.17) is 9.31 Å². The molecule has 0 aromatic rings. The molecule has 0 aliphatic carbocycles. The lowest BCUT2D eigenvalue weighted by molar-refractivity contribution is 0.316. The van der Waals surface area contributed by atoms with Crippen molar-refractivity contribution >= 4 is 7.12 Å². The summed E-state index contributed by atoms with van der Waals surface area (Å²) >= 11 is 0. The van der Waals surface area contributed by atoms with E-state index in [1.54, 1.807) is 18.2 Å². The summed E-state index contributed by atoms with van der Waals surface area (Å²) in [6, 6.07) is 0. The molecule has 18 heavy (non-hydrogen) atoms. The Morgan fingerprint density at radius 2 is 1.67 bits per heavy atom. The Morgan fingerprint density at radius 3 is 2.17 bits per heavy atom. The van der Waals surface area contributed by atoms with Crippen molar-refractivity contribution in [1.29, 1.82) is 0 Å². The Morgan fingerprint density at radius 1 is 1.00 bits per heavy atom. The first-order valence-corrected chi connectivity index (χ1v) is 5.92. The highest BCUT2D eigenvalue weighted by Crippen LogP contribution is 2.09. The first-order chi connectivity index (χ1) is 8.67. The van der Waals surface area contributed by atoms with Crippen LogP contribution in [0.25, 0.3) is 0 Å². The molecule has 96 valence electrons. The van der Waals surface area contributed by atoms with Gasteiger partial charge in [-0.15, -0.1) is 0 Å². The summed E-state index contributed by atoms with van der Waals surface area (Å²) in [7, 11) is -0.381. The van der Waals surface area contributed by atoms with Gasteiger partial charge in [-0.1, -0.05) is 37.5 Å². The van der Waals surface area contributed by atoms with Crippen LogP contribution in [-0.2, 0) is 9.31 Å². The quantitative estimate of drug-likeness (QED) is 0.357. The van der Waals surface area contributed by atoms with E-state index in [2.05, 4.69) is 13.2 Å². The van der Waals surface area contributed by atoms with Gasteiger partial charge in [0, 0.05) is 0 Å². The standard InChI is InChI=1S/C15H21BO2/c1-6-10-13-14(9-4)17-16(5)18-15(11-7-2)12-8-3/h6-13H,1-2H2,3-5H3/b12-8-,13-10-,14-9+,15-11+. The van der Waals surface area contributed by atoms with Gasteiger partial charge in [-0.3, -0.25) is 0 Å². The number of rotatable bonds is 8. The van der Waals surface area contributed by atoms with E-state index in [0.717, 1.165) is 5.76 Å². The third-order valence-electron chi connectivity index (χ3n) is 1.90. The van der Waals surface area contributed by atoms with Gasteiger partial charge in [0.1, 0.15) is 5.76 Å². The van der Waals surface area contributed by atoms with Gasteiger partial charge in [-0.2, -0.15) is 0 Å². The number of allylic oxidation sites excluding steroid dienone is 8. The van der Waals surface area contributed by atoms with Crippen LogP contribution < -0.4 is 0 Å². The molecule has 0 rings (SSSR count). The van der Waals surface area contributed by atoms with Crippen molar-refractivity contribution in [2.24, 2.45) is 0 Å². The van der Waals surface area contributed by atoms with E-state index in [0.29, 0.717) is 5.76 Å². The molecule has 0 amide bonds. The molecule has 0 fully saturated rings. The fourth-order valence-corrected chi connectivity index (χ4v) is 1.19. The van der Waals surface area contributed by atoms with E-state index in [1.807, 2.05) is 51.1 Å². The predicted octanol–water partition coefficient (Wildman–Crippen LogP) is 4.43. The minimum absolute atomic E-state index is 0.381. The molecule has 0 saturated heterocycles. The zero-order valence-corrected chi connectivity index (χ0v) is 11.4. The smallest absolute Gasteiger partial charge is 0.526 e. The van der Waals surface area contributed by atoms with E-state index in [1.165, 1.54) is 0 Å². The molecule has 2 nitrogen and oxygen atoms in total. The minimum atomic E-state index is -0.381. The summed E-state index contributed by atoms with van der Waals surface area (Å²) in [5, 5.41) is 0. The molecule has 0 aromatic carbocycles. The summed E-state index contributed by atoms with van der Waals surface area (Å²) in [4.78, 5) is 0. The molecule has 0 spiro atoms. The fraction of sp³-hybridized carbons (Fsp3) is 0.200. The molecule has 0 unspecified atom stereocenters.